The fraction of sp³-hybridized carbons (Fsp3) is 0.417. The van der Waals surface area contributed by atoms with Gasteiger partial charge in [-0.2, -0.15) is 9.51 Å². The molecule has 192 valence electrons. The maximum Gasteiger partial charge on any atom is 0.290 e. The molecule has 2 aromatic heterocycles. The zero-order valence-electron chi connectivity index (χ0n) is 20.3. The Morgan fingerprint density at radius 1 is 1.25 bits per heavy atom. The summed E-state index contributed by atoms with van der Waals surface area (Å²) in [7, 11) is -4.09. The van der Waals surface area contributed by atoms with Crippen LogP contribution in [0.25, 0.3) is 5.52 Å². The number of aromatic amines is 1. The van der Waals surface area contributed by atoms with Gasteiger partial charge >= 0.3 is 0 Å². The molecule has 12 heteroatoms. The number of nitrogens with one attached hydrogen (secondary N) is 1. The van der Waals surface area contributed by atoms with Crippen molar-refractivity contribution < 1.29 is 31.6 Å². The number of carbonyl (C=O) groups is 1. The minimum absolute atomic E-state index is 0.114. The van der Waals surface area contributed by atoms with Crippen LogP contribution >= 0.6 is 0 Å². The number of aromatic nitrogens is 2. The average Bonchev–Trinajstić information content (AvgIpc) is 3.48. The molecule has 1 unspecified atom stereocenters. The summed E-state index contributed by atoms with van der Waals surface area (Å²) in [6.45, 7) is 5.90. The summed E-state index contributed by atoms with van der Waals surface area (Å²) >= 11 is 0. The van der Waals surface area contributed by atoms with Crippen LogP contribution in [-0.2, 0) is 10.0 Å². The van der Waals surface area contributed by atoms with Crippen LogP contribution in [-0.4, -0.2) is 48.3 Å². The first-order chi connectivity index (χ1) is 17.0. The largest absolute Gasteiger partial charge is 0.486 e. The number of sulfonamides is 1. The number of nitrogens with zero attached hydrogens (tertiary/aromatic N) is 3. The molecule has 0 bridgehead atoms. The predicted molar refractivity (Wildman–Crippen MR) is 130 cm³/mol. The molecule has 3 N–H and O–H groups in total. The monoisotopic (exact) mass is 518 g/mol. The van der Waals surface area contributed by atoms with Crippen LogP contribution < -0.4 is 24.7 Å². The number of nitrogens with two attached hydrogens (primary N) is 1. The molecular weight excluding hydrogens is 489 g/mol. The molecule has 1 atom stereocenters. The van der Waals surface area contributed by atoms with Crippen molar-refractivity contribution in [1.29, 1.82) is 0 Å². The summed E-state index contributed by atoms with van der Waals surface area (Å²) in [6.07, 6.45) is 4.83. The molecule has 1 fully saturated rings. The molecule has 0 radical (unpaired) electrons. The third kappa shape index (κ3) is 3.94. The van der Waals surface area contributed by atoms with Gasteiger partial charge in [-0.25, -0.2) is 18.7 Å². The Bertz CT molecular complexity index is 1450. The smallest absolute Gasteiger partial charge is 0.290 e. The van der Waals surface area contributed by atoms with Crippen LogP contribution in [0.15, 0.2) is 36.7 Å². The number of carbonyl (C=O) groups excluding carboxylic acids is 1. The predicted octanol–water partition coefficient (Wildman–Crippen LogP) is 2.45. The SMILES string of the molecule is CC(C)(C)S(=O)(=O)N(N)C(=O)c1c[nH][n+]2ccc(N3CCCC3c3cc(F)cc4c3OCCO4)cc12. The van der Waals surface area contributed by atoms with Crippen molar-refractivity contribution in [2.24, 2.45) is 5.84 Å². The molecule has 5 rings (SSSR count). The van der Waals surface area contributed by atoms with Crippen molar-refractivity contribution in [2.45, 2.75) is 44.4 Å². The van der Waals surface area contributed by atoms with Gasteiger partial charge in [-0.05, 0) is 39.7 Å². The number of pyridine rings is 1. The molecule has 1 saturated heterocycles. The van der Waals surface area contributed by atoms with E-state index in [1.165, 1.54) is 39.1 Å². The van der Waals surface area contributed by atoms with Gasteiger partial charge in [-0.3, -0.25) is 4.79 Å². The molecule has 1 aromatic carbocycles. The van der Waals surface area contributed by atoms with E-state index in [2.05, 4.69) is 10.00 Å². The van der Waals surface area contributed by atoms with E-state index >= 15 is 0 Å². The van der Waals surface area contributed by atoms with Gasteiger partial charge in [0.25, 0.3) is 21.4 Å². The third-order valence-corrected chi connectivity index (χ3v) is 8.84. The Kier molecular flexibility index (Phi) is 5.83. The number of benzene rings is 1. The van der Waals surface area contributed by atoms with Gasteiger partial charge in [0.05, 0.1) is 17.0 Å². The van der Waals surface area contributed by atoms with Crippen molar-refractivity contribution in [1.82, 2.24) is 9.51 Å². The number of hydrazine groups is 1. The zero-order valence-corrected chi connectivity index (χ0v) is 21.1. The number of amides is 1. The maximum absolute atomic E-state index is 14.4. The normalized spacial score (nSPS) is 18.0. The van der Waals surface area contributed by atoms with E-state index in [4.69, 9.17) is 15.3 Å². The lowest BCUT2D eigenvalue weighted by atomic mass is 10.0. The van der Waals surface area contributed by atoms with E-state index < -0.39 is 26.5 Å². The van der Waals surface area contributed by atoms with Crippen LogP contribution in [0, 0.1) is 5.82 Å². The highest BCUT2D eigenvalue weighted by atomic mass is 32.2. The molecule has 10 nitrogen and oxygen atoms in total. The highest BCUT2D eigenvalue weighted by Crippen LogP contribution is 2.45. The quantitative estimate of drug-likeness (QED) is 0.235. The van der Waals surface area contributed by atoms with E-state index in [0.717, 1.165) is 18.5 Å². The first-order valence-corrected chi connectivity index (χ1v) is 13.2. The lowest BCUT2D eigenvalue weighted by Crippen LogP contribution is -2.50. The molecule has 4 heterocycles. The number of H-pyrrole nitrogens is 1. The Hall–Kier alpha value is -3.38. The van der Waals surface area contributed by atoms with E-state index in [1.54, 1.807) is 16.8 Å². The van der Waals surface area contributed by atoms with E-state index in [9.17, 15) is 17.6 Å². The summed E-state index contributed by atoms with van der Waals surface area (Å²) in [6, 6.07) is 6.33. The molecule has 2 aliphatic heterocycles. The highest BCUT2D eigenvalue weighted by Gasteiger charge is 2.39. The number of hydrogen-bond acceptors (Lipinski definition) is 7. The van der Waals surface area contributed by atoms with Crippen LogP contribution in [0.5, 0.6) is 11.5 Å². The van der Waals surface area contributed by atoms with Gasteiger partial charge in [0.15, 0.2) is 11.5 Å². The van der Waals surface area contributed by atoms with Crippen LogP contribution in [0.2, 0.25) is 0 Å². The van der Waals surface area contributed by atoms with Gasteiger partial charge < -0.3 is 14.4 Å². The second-order valence-corrected chi connectivity index (χ2v) is 12.5. The molecule has 0 saturated carbocycles. The summed E-state index contributed by atoms with van der Waals surface area (Å²) in [5.41, 5.74) is 2.08. The Morgan fingerprint density at radius 3 is 2.75 bits per heavy atom. The average molecular weight is 519 g/mol. The first-order valence-electron chi connectivity index (χ1n) is 11.7. The second-order valence-electron chi connectivity index (χ2n) is 9.92. The Balaban J connectivity index is 1.52. The molecule has 36 heavy (non-hydrogen) atoms. The van der Waals surface area contributed by atoms with E-state index in [-0.39, 0.29) is 11.6 Å². The summed E-state index contributed by atoms with van der Waals surface area (Å²) in [5.74, 6) is 5.52. The first kappa shape index (κ1) is 24.3. The van der Waals surface area contributed by atoms with Crippen molar-refractivity contribution >= 4 is 27.1 Å². The van der Waals surface area contributed by atoms with Gasteiger partial charge in [-0.1, -0.05) is 4.52 Å². The third-order valence-electron chi connectivity index (χ3n) is 6.60. The topological polar surface area (TPSA) is 122 Å². The summed E-state index contributed by atoms with van der Waals surface area (Å²) in [5, 5.41) is 2.94. The Morgan fingerprint density at radius 2 is 2.00 bits per heavy atom. The maximum atomic E-state index is 14.4. The summed E-state index contributed by atoms with van der Waals surface area (Å²) in [4.78, 5) is 15.3. The van der Waals surface area contributed by atoms with Crippen LogP contribution in [0.4, 0.5) is 10.1 Å². The number of fused-ring (bicyclic) bond motifs is 2. The van der Waals surface area contributed by atoms with Gasteiger partial charge in [0.2, 0.25) is 6.20 Å². The van der Waals surface area contributed by atoms with Gasteiger partial charge in [-0.15, -0.1) is 0 Å². The van der Waals surface area contributed by atoms with Crippen molar-refractivity contribution in [3.05, 3.63) is 53.6 Å². The van der Waals surface area contributed by atoms with Crippen LogP contribution in [0.3, 0.4) is 0 Å². The van der Waals surface area contributed by atoms with E-state index in [0.29, 0.717) is 46.8 Å². The lowest BCUT2D eigenvalue weighted by molar-refractivity contribution is -0.576. The highest BCUT2D eigenvalue weighted by molar-refractivity contribution is 7.90. The van der Waals surface area contributed by atoms with Crippen LogP contribution in [0.1, 0.15) is 55.6 Å². The van der Waals surface area contributed by atoms with Gasteiger partial charge in [0.1, 0.15) is 24.6 Å². The van der Waals surface area contributed by atoms with E-state index in [1.807, 2.05) is 6.07 Å². The molecule has 2 aliphatic rings. The second kappa shape index (κ2) is 8.63. The summed E-state index contributed by atoms with van der Waals surface area (Å²) < 4.78 is 52.1. The number of rotatable bonds is 4. The number of halogens is 1. The minimum Gasteiger partial charge on any atom is -0.486 e. The van der Waals surface area contributed by atoms with Crippen molar-refractivity contribution in [3.8, 4) is 11.5 Å². The number of hydrogen-bond donors (Lipinski definition) is 2. The van der Waals surface area contributed by atoms with Gasteiger partial charge in [0, 0.05) is 36.0 Å². The Labute approximate surface area is 208 Å². The molecule has 0 aliphatic carbocycles. The standard InChI is InChI=1S/C24H28FN5O5S/c1-24(2,3)36(32,33)30(26)23(31)18-14-27-29-8-6-16(13-20(18)29)28-7-4-5-19(28)17-11-15(25)12-21-22(17)35-10-9-34-21/h6,8,11-14,19H,4-5,7,9-10,26H2,1-3H3/p+1. The van der Waals surface area contributed by atoms with Crippen molar-refractivity contribution in [3.63, 3.8) is 0 Å². The molecule has 3 aromatic rings. The minimum atomic E-state index is -4.09. The molecular formula is C24H29FN5O5S+. The number of anilines is 1. The lowest BCUT2D eigenvalue weighted by Gasteiger charge is -2.30. The number of ether oxygens (including phenoxy) is 2. The molecule has 0 spiro atoms. The zero-order chi connectivity index (χ0) is 25.8. The fourth-order valence-electron chi connectivity index (χ4n) is 4.68. The fourth-order valence-corrected chi connectivity index (χ4v) is 5.59. The van der Waals surface area contributed by atoms with Crippen molar-refractivity contribution in [2.75, 3.05) is 24.7 Å². The molecule has 1 amide bonds.